The van der Waals surface area contributed by atoms with E-state index in [1.165, 1.54) is 17.5 Å². The minimum absolute atomic E-state index is 0.109. The van der Waals surface area contributed by atoms with Gasteiger partial charge in [-0.1, -0.05) is 12.1 Å². The van der Waals surface area contributed by atoms with Crippen LogP contribution < -0.4 is 15.2 Å². The van der Waals surface area contributed by atoms with Crippen LogP contribution in [0.15, 0.2) is 38.9 Å². The summed E-state index contributed by atoms with van der Waals surface area (Å²) in [7, 11) is -8.43. The lowest BCUT2D eigenvalue weighted by Crippen LogP contribution is -2.61. The summed E-state index contributed by atoms with van der Waals surface area (Å²) in [4.78, 5) is 29.1. The molecule has 6 rings (SSSR count). The molecule has 4 N–H and O–H groups in total. The molecule has 2 aliphatic heterocycles. The highest BCUT2D eigenvalue weighted by molar-refractivity contribution is 7.90. The second-order valence-corrected chi connectivity index (χ2v) is 13.9. The number of thiophene rings is 1. The van der Waals surface area contributed by atoms with Gasteiger partial charge in [-0.05, 0) is 54.2 Å². The first kappa shape index (κ1) is 25.6. The number of rotatable bonds is 6. The van der Waals surface area contributed by atoms with Gasteiger partial charge >= 0.3 is 0 Å². The normalized spacial score (nSPS) is 29.6. The van der Waals surface area contributed by atoms with Crippen LogP contribution in [0.25, 0.3) is 0 Å². The molecule has 1 aromatic heterocycles. The molecule has 2 bridgehead atoms. The lowest BCUT2D eigenvalue weighted by molar-refractivity contribution is -0.153. The number of amidine groups is 1. The monoisotopic (exact) mass is 581 g/mol. The second-order valence-electron chi connectivity index (χ2n) is 10.1. The molecular weight excluding hydrogens is 557 g/mol. The standard InChI is InChI=1S/C23H24FN5O6S3/c24-15-5-1-11(2-6-15)9-29-18-13-4-3-12(7-13)16(18)19(30)17(23(29)31)21-27-22-20(37(32,33)28-21)14(10-36-22)8-26-38(25,34)35/h1-2,5-6,10,12-13,16-18,26H,3-4,7-9H2,(H,27,28)(H2,25,34,35)/t12-,13+,16+,17?,18-/m0/s1. The first-order valence-corrected chi connectivity index (χ1v) is 15.9. The smallest absolute Gasteiger partial charge is 0.287 e. The van der Waals surface area contributed by atoms with Crippen molar-refractivity contribution in [1.82, 2.24) is 9.62 Å². The summed E-state index contributed by atoms with van der Waals surface area (Å²) in [5.74, 6) is -3.09. The van der Waals surface area contributed by atoms with E-state index in [1.807, 2.05) is 0 Å². The van der Waals surface area contributed by atoms with Gasteiger partial charge in [-0.25, -0.2) is 9.53 Å². The number of Topliss-reactive ketones (excluding diaryl/α,β-unsaturated/α-hetero) is 1. The Bertz CT molecular complexity index is 1590. The fourth-order valence-corrected chi connectivity index (χ4v) is 9.45. The van der Waals surface area contributed by atoms with Crippen molar-refractivity contribution in [2.24, 2.45) is 33.2 Å². The Morgan fingerprint density at radius 2 is 1.89 bits per heavy atom. The fraction of sp³-hybridized carbons (Fsp3) is 0.435. The number of piperidine rings is 1. The number of nitrogens with zero attached hydrogens (tertiary/aromatic N) is 2. The first-order chi connectivity index (χ1) is 17.9. The van der Waals surface area contributed by atoms with Gasteiger partial charge in [-0.3, -0.25) is 9.59 Å². The van der Waals surface area contributed by atoms with E-state index in [2.05, 4.69) is 14.4 Å². The molecule has 3 fully saturated rings. The molecule has 1 amide bonds. The summed E-state index contributed by atoms with van der Waals surface area (Å²) in [6.45, 7) is -0.197. The van der Waals surface area contributed by atoms with E-state index in [0.29, 0.717) is 5.56 Å². The Kier molecular flexibility index (Phi) is 5.99. The number of halogens is 1. The molecule has 2 saturated carbocycles. The third-order valence-electron chi connectivity index (χ3n) is 7.91. The highest BCUT2D eigenvalue weighted by Gasteiger charge is 2.60. The van der Waals surface area contributed by atoms with Crippen LogP contribution in [0.4, 0.5) is 9.39 Å². The summed E-state index contributed by atoms with van der Waals surface area (Å²) in [6.07, 6.45) is 2.61. The van der Waals surface area contributed by atoms with Gasteiger partial charge in [0.2, 0.25) is 5.91 Å². The highest BCUT2D eigenvalue weighted by atomic mass is 32.2. The van der Waals surface area contributed by atoms with Gasteiger partial charge < -0.3 is 10.2 Å². The quantitative estimate of drug-likeness (QED) is 0.433. The van der Waals surface area contributed by atoms with Crippen LogP contribution in [-0.4, -0.2) is 45.3 Å². The van der Waals surface area contributed by atoms with Gasteiger partial charge in [0.1, 0.15) is 21.5 Å². The number of sulfonamides is 1. The van der Waals surface area contributed by atoms with E-state index in [-0.39, 0.29) is 58.0 Å². The number of carbonyl (C=O) groups is 2. The summed E-state index contributed by atoms with van der Waals surface area (Å²) >= 11 is 0.993. The van der Waals surface area contributed by atoms with Gasteiger partial charge in [0.15, 0.2) is 11.7 Å². The molecule has 1 unspecified atom stereocenters. The molecule has 1 saturated heterocycles. The van der Waals surface area contributed by atoms with Crippen molar-refractivity contribution in [2.75, 3.05) is 5.32 Å². The molecule has 4 aliphatic rings. The number of likely N-dealkylation sites (tertiary alicyclic amines) is 1. The molecule has 2 aliphatic carbocycles. The van der Waals surface area contributed by atoms with Crippen molar-refractivity contribution in [1.29, 1.82) is 0 Å². The predicted molar refractivity (Wildman–Crippen MR) is 136 cm³/mol. The Labute approximate surface area is 222 Å². The SMILES string of the molecule is NS(=O)(=O)NCc1csc2c1S(=O)(=O)N=C(C1C(=O)[C@@H]3[C@H]4CC[C@H](C4)[C@@H]3N(Cc3ccc(F)cc3)C1=O)N2. The maximum atomic E-state index is 13.9. The number of ketones is 1. The zero-order valence-corrected chi connectivity index (χ0v) is 22.3. The molecule has 11 nitrogen and oxygen atoms in total. The van der Waals surface area contributed by atoms with Crippen LogP contribution in [0.1, 0.15) is 30.4 Å². The molecule has 2 aromatic rings. The van der Waals surface area contributed by atoms with E-state index >= 15 is 0 Å². The third-order valence-corrected chi connectivity index (χ3v) is 11.0. The fourth-order valence-electron chi connectivity index (χ4n) is 6.45. The Morgan fingerprint density at radius 3 is 2.61 bits per heavy atom. The van der Waals surface area contributed by atoms with Crippen molar-refractivity contribution in [2.45, 2.75) is 43.3 Å². The van der Waals surface area contributed by atoms with E-state index in [0.717, 1.165) is 30.6 Å². The van der Waals surface area contributed by atoms with Gasteiger partial charge in [0.25, 0.3) is 20.2 Å². The number of hydrogen-bond acceptors (Lipinski definition) is 8. The van der Waals surface area contributed by atoms with Crippen molar-refractivity contribution in [3.05, 3.63) is 46.6 Å². The minimum Gasteiger partial charge on any atom is -0.333 e. The van der Waals surface area contributed by atoms with Crippen LogP contribution in [0.2, 0.25) is 0 Å². The molecule has 1 aromatic carbocycles. The zero-order chi connectivity index (χ0) is 27.0. The third kappa shape index (κ3) is 4.25. The number of nitrogens with two attached hydrogens (primary N) is 1. The average Bonchev–Trinajstić information content (AvgIpc) is 3.56. The van der Waals surface area contributed by atoms with E-state index in [9.17, 15) is 30.8 Å². The van der Waals surface area contributed by atoms with Gasteiger partial charge in [-0.15, -0.1) is 15.7 Å². The predicted octanol–water partition coefficient (Wildman–Crippen LogP) is 1.34. The Morgan fingerprint density at radius 1 is 1.18 bits per heavy atom. The van der Waals surface area contributed by atoms with Crippen molar-refractivity contribution in [3.63, 3.8) is 0 Å². The summed E-state index contributed by atoms with van der Waals surface area (Å²) in [6, 6.07) is 5.51. The Hall–Kier alpha value is -2.72. The molecule has 38 heavy (non-hydrogen) atoms. The number of anilines is 1. The average molecular weight is 582 g/mol. The van der Waals surface area contributed by atoms with Gasteiger partial charge in [0.05, 0.1) is 0 Å². The number of fused-ring (bicyclic) bond motifs is 6. The van der Waals surface area contributed by atoms with E-state index < -0.39 is 43.8 Å². The Balaban J connectivity index is 1.35. The van der Waals surface area contributed by atoms with Crippen LogP contribution >= 0.6 is 11.3 Å². The molecule has 0 radical (unpaired) electrons. The number of hydrogen-bond donors (Lipinski definition) is 3. The maximum Gasteiger partial charge on any atom is 0.287 e. The molecular formula is C23H24FN5O6S3. The van der Waals surface area contributed by atoms with Crippen LogP contribution in [0.3, 0.4) is 0 Å². The zero-order valence-electron chi connectivity index (χ0n) is 19.8. The molecule has 15 heteroatoms. The maximum absolute atomic E-state index is 13.9. The number of carbonyl (C=O) groups excluding carboxylic acids is 2. The largest absolute Gasteiger partial charge is 0.333 e. The van der Waals surface area contributed by atoms with Crippen LogP contribution in [0.5, 0.6) is 0 Å². The lowest BCUT2D eigenvalue weighted by Gasteiger charge is -2.45. The van der Waals surface area contributed by atoms with E-state index in [4.69, 9.17) is 5.14 Å². The van der Waals surface area contributed by atoms with Crippen LogP contribution in [-0.2, 0) is 42.9 Å². The van der Waals surface area contributed by atoms with E-state index in [1.54, 1.807) is 17.0 Å². The minimum atomic E-state index is -4.36. The summed E-state index contributed by atoms with van der Waals surface area (Å²) < 4.78 is 68.4. The van der Waals surface area contributed by atoms with Crippen molar-refractivity contribution < 1.29 is 30.8 Å². The van der Waals surface area contributed by atoms with Crippen molar-refractivity contribution >= 4 is 54.1 Å². The molecule has 202 valence electrons. The molecule has 5 atom stereocenters. The number of nitrogens with one attached hydrogen (secondary N) is 2. The summed E-state index contributed by atoms with van der Waals surface area (Å²) in [5, 5.41) is 9.43. The number of benzene rings is 1. The van der Waals surface area contributed by atoms with Gasteiger partial charge in [0, 0.05) is 30.6 Å². The van der Waals surface area contributed by atoms with Crippen LogP contribution in [0, 0.1) is 29.5 Å². The molecule has 3 heterocycles. The topological polar surface area (TPSA) is 168 Å². The highest BCUT2D eigenvalue weighted by Crippen LogP contribution is 2.54. The molecule has 0 spiro atoms. The van der Waals surface area contributed by atoms with Crippen molar-refractivity contribution in [3.8, 4) is 0 Å². The lowest BCUT2D eigenvalue weighted by atomic mass is 9.73. The summed E-state index contributed by atoms with van der Waals surface area (Å²) in [5.41, 5.74) is 0.842. The second kappa shape index (κ2) is 8.91. The van der Waals surface area contributed by atoms with Gasteiger partial charge in [-0.2, -0.15) is 21.6 Å². The number of amides is 1. The first-order valence-electron chi connectivity index (χ1n) is 12.0.